The third-order valence-corrected chi connectivity index (χ3v) is 7.09. The molecule has 11 heteroatoms. The first-order chi connectivity index (χ1) is 17.9. The summed E-state index contributed by atoms with van der Waals surface area (Å²) in [6.45, 7) is 1.24. The van der Waals surface area contributed by atoms with E-state index in [-0.39, 0.29) is 6.54 Å². The molecule has 0 amide bonds. The van der Waals surface area contributed by atoms with Crippen LogP contribution in [0, 0.1) is 0 Å². The molecule has 0 spiro atoms. The van der Waals surface area contributed by atoms with Gasteiger partial charge in [0.1, 0.15) is 19.3 Å². The average molecular weight is 540 g/mol. The van der Waals surface area contributed by atoms with E-state index >= 15 is 0 Å². The molecule has 1 atom stereocenters. The van der Waals surface area contributed by atoms with Crippen LogP contribution in [0.5, 0.6) is 11.5 Å². The van der Waals surface area contributed by atoms with Crippen LogP contribution in [0.15, 0.2) is 54.6 Å². The van der Waals surface area contributed by atoms with E-state index in [0.717, 1.165) is 26.8 Å². The average Bonchev–Trinajstić information content (AvgIpc) is 3.29. The van der Waals surface area contributed by atoms with Gasteiger partial charge in [0.05, 0.1) is 21.8 Å². The lowest BCUT2D eigenvalue weighted by Crippen LogP contribution is -2.38. The zero-order valence-electron chi connectivity index (χ0n) is 19.4. The predicted octanol–water partition coefficient (Wildman–Crippen LogP) is 5.15. The van der Waals surface area contributed by atoms with Gasteiger partial charge in [-0.15, -0.1) is 0 Å². The molecule has 1 aromatic heterocycles. The van der Waals surface area contributed by atoms with Gasteiger partial charge in [-0.3, -0.25) is 14.9 Å². The Labute approximate surface area is 220 Å². The predicted molar refractivity (Wildman–Crippen MR) is 141 cm³/mol. The number of nitrogens with zero attached hydrogens (tertiary/aromatic N) is 1. The summed E-state index contributed by atoms with van der Waals surface area (Å²) in [6, 6.07) is 15.9. The van der Waals surface area contributed by atoms with Crippen molar-refractivity contribution in [2.24, 2.45) is 0 Å². The number of hydrogen-bond acceptors (Lipinski definition) is 8. The van der Waals surface area contributed by atoms with E-state index in [0.29, 0.717) is 41.2 Å². The third kappa shape index (κ3) is 5.46. The molecule has 0 aliphatic carbocycles. The Morgan fingerprint density at radius 3 is 2.65 bits per heavy atom. The number of benzene rings is 3. The quantitative estimate of drug-likeness (QED) is 0.228. The molecule has 0 unspecified atom stereocenters. The van der Waals surface area contributed by atoms with Crippen LogP contribution >= 0.6 is 23.1 Å². The number of nitrogens with one attached hydrogen (secondary N) is 2. The van der Waals surface area contributed by atoms with Crippen LogP contribution in [0.1, 0.15) is 12.0 Å². The van der Waals surface area contributed by atoms with Gasteiger partial charge in [-0.25, -0.2) is 0 Å². The van der Waals surface area contributed by atoms with Crippen molar-refractivity contribution in [1.82, 2.24) is 9.69 Å². The molecule has 3 aromatic carbocycles. The largest absolute Gasteiger partial charge is 0.486 e. The first kappa shape index (κ1) is 24.8. The molecule has 9 nitrogen and oxygen atoms in total. The van der Waals surface area contributed by atoms with Gasteiger partial charge in [0.25, 0.3) is 0 Å². The van der Waals surface area contributed by atoms with Crippen molar-refractivity contribution in [2.75, 3.05) is 18.5 Å². The van der Waals surface area contributed by atoms with Crippen molar-refractivity contribution in [3.8, 4) is 22.6 Å². The number of rotatable bonds is 9. The zero-order valence-corrected chi connectivity index (χ0v) is 20.9. The Morgan fingerprint density at radius 2 is 1.86 bits per heavy atom. The van der Waals surface area contributed by atoms with E-state index in [1.807, 2.05) is 54.6 Å². The van der Waals surface area contributed by atoms with Crippen molar-refractivity contribution < 1.29 is 29.3 Å². The number of ether oxygens (including phenoxy) is 2. The van der Waals surface area contributed by atoms with E-state index in [9.17, 15) is 14.7 Å². The molecular weight excluding hydrogens is 518 g/mol. The molecule has 2 heterocycles. The second-order valence-corrected chi connectivity index (χ2v) is 9.56. The van der Waals surface area contributed by atoms with Crippen LogP contribution in [0.2, 0.25) is 5.02 Å². The van der Waals surface area contributed by atoms with Gasteiger partial charge in [-0.05, 0) is 53.0 Å². The number of halogens is 1. The Kier molecular flexibility index (Phi) is 7.13. The number of aromatic nitrogens is 1. The fraction of sp³-hybridized carbons (Fsp3) is 0.192. The second-order valence-electron chi connectivity index (χ2n) is 8.38. The molecule has 1 aliphatic heterocycles. The van der Waals surface area contributed by atoms with Gasteiger partial charge in [-0.2, -0.15) is 4.37 Å². The maximum Gasteiger partial charge on any atom is 0.321 e. The Balaban J connectivity index is 1.35. The third-order valence-electron chi connectivity index (χ3n) is 5.87. The molecule has 0 saturated heterocycles. The van der Waals surface area contributed by atoms with Crippen LogP contribution in [0.25, 0.3) is 21.2 Å². The van der Waals surface area contributed by atoms with Crippen LogP contribution < -0.4 is 20.1 Å². The van der Waals surface area contributed by atoms with Gasteiger partial charge >= 0.3 is 11.9 Å². The maximum absolute atomic E-state index is 11.3. The van der Waals surface area contributed by atoms with Crippen molar-refractivity contribution in [3.63, 3.8) is 0 Å². The van der Waals surface area contributed by atoms with Gasteiger partial charge < -0.3 is 25.0 Å². The Hall–Kier alpha value is -3.86. The number of carboxylic acids is 2. The van der Waals surface area contributed by atoms with Crippen molar-refractivity contribution in [2.45, 2.75) is 19.0 Å². The summed E-state index contributed by atoms with van der Waals surface area (Å²) in [4.78, 5) is 22.2. The molecule has 37 heavy (non-hydrogen) atoms. The highest BCUT2D eigenvalue weighted by atomic mass is 35.5. The highest BCUT2D eigenvalue weighted by Gasteiger charge is 2.20. The lowest BCUT2D eigenvalue weighted by Gasteiger charge is -2.19. The fourth-order valence-electron chi connectivity index (χ4n) is 4.03. The summed E-state index contributed by atoms with van der Waals surface area (Å²) >= 11 is 8.09. The minimum absolute atomic E-state index is 0.213. The molecule has 5 rings (SSSR count). The summed E-state index contributed by atoms with van der Waals surface area (Å²) in [6.07, 6.45) is -0.502. The summed E-state index contributed by atoms with van der Waals surface area (Å²) < 4.78 is 16.7. The van der Waals surface area contributed by atoms with Gasteiger partial charge in [0.2, 0.25) is 0 Å². The van der Waals surface area contributed by atoms with E-state index in [2.05, 4.69) is 15.0 Å². The smallest absolute Gasteiger partial charge is 0.321 e. The first-order valence-electron chi connectivity index (χ1n) is 11.4. The molecule has 0 fully saturated rings. The molecule has 0 bridgehead atoms. The molecule has 4 N–H and O–H groups in total. The number of carboxylic acid groups (broad SMARTS) is 2. The monoisotopic (exact) mass is 539 g/mol. The zero-order chi connectivity index (χ0) is 25.9. The number of hydrogen-bond donors (Lipinski definition) is 4. The molecule has 1 aliphatic rings. The van der Waals surface area contributed by atoms with Gasteiger partial charge in [-0.1, -0.05) is 35.9 Å². The molecule has 4 aromatic rings. The molecule has 0 saturated carbocycles. The number of aliphatic carboxylic acids is 2. The normalized spacial score (nSPS) is 13.3. The van der Waals surface area contributed by atoms with Crippen LogP contribution in [-0.2, 0) is 16.1 Å². The highest BCUT2D eigenvalue weighted by Crippen LogP contribution is 2.40. The minimum Gasteiger partial charge on any atom is -0.486 e. The fourth-order valence-corrected chi connectivity index (χ4v) is 5.12. The number of fused-ring (bicyclic) bond motifs is 2. The Bertz CT molecular complexity index is 1490. The van der Waals surface area contributed by atoms with Crippen LogP contribution in [0.3, 0.4) is 0 Å². The van der Waals surface area contributed by atoms with Gasteiger partial charge in [0.15, 0.2) is 17.3 Å². The highest BCUT2D eigenvalue weighted by molar-refractivity contribution is 7.13. The summed E-state index contributed by atoms with van der Waals surface area (Å²) in [5, 5.41) is 25.7. The van der Waals surface area contributed by atoms with Crippen LogP contribution in [-0.4, -0.2) is 45.8 Å². The van der Waals surface area contributed by atoms with Gasteiger partial charge in [0, 0.05) is 17.5 Å². The minimum atomic E-state index is -1.21. The lowest BCUT2D eigenvalue weighted by molar-refractivity contribution is -0.146. The van der Waals surface area contributed by atoms with E-state index < -0.39 is 24.4 Å². The summed E-state index contributed by atoms with van der Waals surface area (Å²) in [5.74, 6) is -0.334. The second kappa shape index (κ2) is 10.6. The van der Waals surface area contributed by atoms with Crippen molar-refractivity contribution in [3.05, 3.63) is 65.2 Å². The van der Waals surface area contributed by atoms with E-state index in [4.69, 9.17) is 26.2 Å². The number of anilines is 2. The Morgan fingerprint density at radius 1 is 1.05 bits per heavy atom. The van der Waals surface area contributed by atoms with Crippen molar-refractivity contribution in [1.29, 1.82) is 0 Å². The molecule has 190 valence electrons. The maximum atomic E-state index is 11.3. The van der Waals surface area contributed by atoms with Crippen LogP contribution in [0.4, 0.5) is 11.5 Å². The molecule has 0 radical (unpaired) electrons. The topological polar surface area (TPSA) is 130 Å². The molecular formula is C26H22ClN3O6S. The summed E-state index contributed by atoms with van der Waals surface area (Å²) in [7, 11) is 0. The van der Waals surface area contributed by atoms with E-state index in [1.165, 1.54) is 11.5 Å². The summed E-state index contributed by atoms with van der Waals surface area (Å²) in [5.41, 5.74) is 3.26. The SMILES string of the molecule is O=C(O)C[C@H](NCc1ccc2c(Nc3cccc(-c4ccc5c(c4)OCCO5)c3Cl)nsc2c1)C(=O)O. The first-order valence-corrected chi connectivity index (χ1v) is 12.6. The standard InChI is InChI=1S/C26H22ClN3O6S/c27-24-16(15-5-7-20-21(11-15)36-9-8-35-20)2-1-3-18(24)29-25-17-6-4-14(10-22(17)37-30-25)13-28-19(26(33)34)12-23(31)32/h1-7,10-11,19,28H,8-9,12-13H2,(H,29,30)(H,31,32)(H,33,34)/t19-/m0/s1. The van der Waals surface area contributed by atoms with E-state index in [1.54, 1.807) is 0 Å². The van der Waals surface area contributed by atoms with Crippen molar-refractivity contribution >= 4 is 56.7 Å². The lowest BCUT2D eigenvalue weighted by atomic mass is 10.0. The number of carbonyl (C=O) groups is 2.